The molecule has 16 heavy (non-hydrogen) atoms. The summed E-state index contributed by atoms with van der Waals surface area (Å²) >= 11 is 12.0. The highest BCUT2D eigenvalue weighted by molar-refractivity contribution is 6.43. The highest BCUT2D eigenvalue weighted by Crippen LogP contribution is 2.42. The van der Waals surface area contributed by atoms with Gasteiger partial charge in [-0.15, -0.1) is 0 Å². The molecular formula is C11H11Cl2NO2. The van der Waals surface area contributed by atoms with Crippen LogP contribution in [0.25, 0.3) is 0 Å². The Hall–Kier alpha value is -0.930. The summed E-state index contributed by atoms with van der Waals surface area (Å²) in [5.41, 5.74) is 0.656. The SMILES string of the molecule is CC1CC(=O)N(C)c2ccc(Cl)c(Cl)c2O1. The average Bonchev–Trinajstić information content (AvgIpc) is 2.33. The van der Waals surface area contributed by atoms with Gasteiger partial charge in [-0.1, -0.05) is 23.2 Å². The topological polar surface area (TPSA) is 29.5 Å². The van der Waals surface area contributed by atoms with E-state index in [0.717, 1.165) is 0 Å². The number of amides is 1. The molecule has 1 heterocycles. The first kappa shape index (κ1) is 11.6. The van der Waals surface area contributed by atoms with Crippen molar-refractivity contribution in [2.75, 3.05) is 11.9 Å². The fourth-order valence-electron chi connectivity index (χ4n) is 1.66. The van der Waals surface area contributed by atoms with Gasteiger partial charge in [0.25, 0.3) is 0 Å². The second kappa shape index (κ2) is 4.15. The first-order chi connectivity index (χ1) is 7.50. The van der Waals surface area contributed by atoms with Crippen molar-refractivity contribution >= 4 is 34.8 Å². The van der Waals surface area contributed by atoms with Crippen LogP contribution in [0, 0.1) is 0 Å². The first-order valence-corrected chi connectivity index (χ1v) is 5.67. The predicted octanol–water partition coefficient (Wildman–Crippen LogP) is 3.13. The molecule has 3 nitrogen and oxygen atoms in total. The van der Waals surface area contributed by atoms with Gasteiger partial charge in [0.15, 0.2) is 5.75 Å². The largest absolute Gasteiger partial charge is 0.486 e. The molecule has 0 radical (unpaired) electrons. The van der Waals surface area contributed by atoms with E-state index in [9.17, 15) is 4.79 Å². The van der Waals surface area contributed by atoms with Crippen LogP contribution in [0.2, 0.25) is 10.0 Å². The zero-order valence-corrected chi connectivity index (χ0v) is 10.5. The number of fused-ring (bicyclic) bond motifs is 1. The normalized spacial score (nSPS) is 20.1. The van der Waals surface area contributed by atoms with Crippen LogP contribution in [0.3, 0.4) is 0 Å². The Morgan fingerprint density at radius 2 is 2.12 bits per heavy atom. The van der Waals surface area contributed by atoms with Crippen LogP contribution in [0.15, 0.2) is 12.1 Å². The molecule has 0 aliphatic carbocycles. The molecule has 0 spiro atoms. The molecular weight excluding hydrogens is 249 g/mol. The number of carbonyl (C=O) groups is 1. The molecule has 5 heteroatoms. The fourth-order valence-corrected chi connectivity index (χ4v) is 2.01. The number of carbonyl (C=O) groups excluding carboxylic acids is 1. The van der Waals surface area contributed by atoms with E-state index in [-0.39, 0.29) is 12.0 Å². The van der Waals surface area contributed by atoms with Crippen molar-refractivity contribution in [1.82, 2.24) is 0 Å². The first-order valence-electron chi connectivity index (χ1n) is 4.92. The van der Waals surface area contributed by atoms with E-state index in [4.69, 9.17) is 27.9 Å². The molecule has 1 amide bonds. The van der Waals surface area contributed by atoms with E-state index in [1.165, 1.54) is 0 Å². The van der Waals surface area contributed by atoms with Crippen molar-refractivity contribution in [3.05, 3.63) is 22.2 Å². The van der Waals surface area contributed by atoms with E-state index < -0.39 is 0 Å². The van der Waals surface area contributed by atoms with Crippen LogP contribution in [0.5, 0.6) is 5.75 Å². The zero-order chi connectivity index (χ0) is 11.9. The summed E-state index contributed by atoms with van der Waals surface area (Å²) in [6.45, 7) is 1.83. The van der Waals surface area contributed by atoms with Crippen LogP contribution < -0.4 is 9.64 Å². The molecule has 0 N–H and O–H groups in total. The maximum atomic E-state index is 11.8. The van der Waals surface area contributed by atoms with Gasteiger partial charge in [0, 0.05) is 7.05 Å². The number of hydrogen-bond acceptors (Lipinski definition) is 2. The van der Waals surface area contributed by atoms with Gasteiger partial charge >= 0.3 is 0 Å². The number of rotatable bonds is 0. The lowest BCUT2D eigenvalue weighted by molar-refractivity contribution is -0.119. The molecule has 0 bridgehead atoms. The maximum absolute atomic E-state index is 11.8. The molecule has 0 saturated heterocycles. The van der Waals surface area contributed by atoms with E-state index in [0.29, 0.717) is 27.9 Å². The molecule has 1 aromatic carbocycles. The van der Waals surface area contributed by atoms with Gasteiger partial charge in [-0.2, -0.15) is 0 Å². The minimum Gasteiger partial charge on any atom is -0.486 e. The van der Waals surface area contributed by atoms with E-state index in [1.807, 2.05) is 6.92 Å². The zero-order valence-electron chi connectivity index (χ0n) is 8.96. The molecule has 1 atom stereocenters. The Balaban J connectivity index is 2.59. The van der Waals surface area contributed by atoms with Gasteiger partial charge in [0.1, 0.15) is 11.1 Å². The van der Waals surface area contributed by atoms with Gasteiger partial charge < -0.3 is 9.64 Å². The lowest BCUT2D eigenvalue weighted by Crippen LogP contribution is -2.27. The number of nitrogens with zero attached hydrogens (tertiary/aromatic N) is 1. The second-order valence-electron chi connectivity index (χ2n) is 3.79. The Kier molecular flexibility index (Phi) is 3.00. The van der Waals surface area contributed by atoms with Crippen molar-refractivity contribution < 1.29 is 9.53 Å². The van der Waals surface area contributed by atoms with Crippen molar-refractivity contribution in [2.24, 2.45) is 0 Å². The number of anilines is 1. The van der Waals surface area contributed by atoms with Crippen LogP contribution >= 0.6 is 23.2 Å². The standard InChI is InChI=1S/C11H11Cl2NO2/c1-6-5-9(15)14(2)8-4-3-7(12)10(13)11(8)16-6/h3-4,6H,5H2,1-2H3. The third kappa shape index (κ3) is 1.85. The minimum absolute atomic E-state index is 0.00430. The van der Waals surface area contributed by atoms with Crippen molar-refractivity contribution in [3.8, 4) is 5.75 Å². The third-order valence-electron chi connectivity index (χ3n) is 2.55. The van der Waals surface area contributed by atoms with Gasteiger partial charge in [-0.05, 0) is 19.1 Å². The molecule has 1 aliphatic rings. The Morgan fingerprint density at radius 3 is 2.81 bits per heavy atom. The highest BCUT2D eigenvalue weighted by Gasteiger charge is 2.26. The fraction of sp³-hybridized carbons (Fsp3) is 0.364. The lowest BCUT2D eigenvalue weighted by atomic mass is 10.2. The van der Waals surface area contributed by atoms with Crippen LogP contribution in [0.4, 0.5) is 5.69 Å². The molecule has 0 aromatic heterocycles. The van der Waals surface area contributed by atoms with E-state index in [1.54, 1.807) is 24.1 Å². The summed E-state index contributed by atoms with van der Waals surface area (Å²) in [6, 6.07) is 3.39. The number of benzene rings is 1. The summed E-state index contributed by atoms with van der Waals surface area (Å²) in [6.07, 6.45) is 0.131. The van der Waals surface area contributed by atoms with Gasteiger partial charge in [0.05, 0.1) is 17.1 Å². The summed E-state index contributed by atoms with van der Waals surface area (Å²) < 4.78 is 5.63. The smallest absolute Gasteiger partial charge is 0.230 e. The molecule has 1 aromatic rings. The van der Waals surface area contributed by atoms with Crippen LogP contribution in [-0.2, 0) is 4.79 Å². The van der Waals surface area contributed by atoms with Gasteiger partial charge in [0.2, 0.25) is 5.91 Å². The lowest BCUT2D eigenvalue weighted by Gasteiger charge is -2.17. The number of hydrogen-bond donors (Lipinski definition) is 0. The Labute approximate surface area is 104 Å². The summed E-state index contributed by atoms with van der Waals surface area (Å²) in [5, 5.41) is 0.780. The van der Waals surface area contributed by atoms with E-state index >= 15 is 0 Å². The monoisotopic (exact) mass is 259 g/mol. The van der Waals surface area contributed by atoms with E-state index in [2.05, 4.69) is 0 Å². The molecule has 0 fully saturated rings. The van der Waals surface area contributed by atoms with Crippen molar-refractivity contribution in [3.63, 3.8) is 0 Å². The van der Waals surface area contributed by atoms with Gasteiger partial charge in [-0.25, -0.2) is 0 Å². The van der Waals surface area contributed by atoms with Crippen molar-refractivity contribution in [2.45, 2.75) is 19.4 Å². The Morgan fingerprint density at radius 1 is 1.44 bits per heavy atom. The molecule has 0 saturated carbocycles. The van der Waals surface area contributed by atoms with Crippen LogP contribution in [0.1, 0.15) is 13.3 Å². The number of halogens is 2. The highest BCUT2D eigenvalue weighted by atomic mass is 35.5. The molecule has 1 unspecified atom stereocenters. The molecule has 1 aliphatic heterocycles. The molecule has 2 rings (SSSR count). The average molecular weight is 260 g/mol. The summed E-state index contributed by atoms with van der Waals surface area (Å²) in [4.78, 5) is 13.3. The van der Waals surface area contributed by atoms with Gasteiger partial charge in [-0.3, -0.25) is 4.79 Å². The third-order valence-corrected chi connectivity index (χ3v) is 3.33. The summed E-state index contributed by atoms with van der Waals surface area (Å²) in [5.74, 6) is 0.486. The van der Waals surface area contributed by atoms with Crippen molar-refractivity contribution in [1.29, 1.82) is 0 Å². The number of ether oxygens (including phenoxy) is 1. The minimum atomic E-state index is -0.202. The maximum Gasteiger partial charge on any atom is 0.230 e. The second-order valence-corrected chi connectivity index (χ2v) is 4.58. The predicted molar refractivity (Wildman–Crippen MR) is 64.6 cm³/mol. The quantitative estimate of drug-likeness (QED) is 0.717. The van der Waals surface area contributed by atoms with Crippen LogP contribution in [-0.4, -0.2) is 19.1 Å². The Bertz CT molecular complexity index is 448. The summed E-state index contributed by atoms with van der Waals surface area (Å²) in [7, 11) is 1.70. The molecule has 86 valence electrons.